The molecule has 6 heteroatoms. The Labute approximate surface area is 170 Å². The zero-order valence-corrected chi connectivity index (χ0v) is 16.5. The Morgan fingerprint density at radius 2 is 1.90 bits per heavy atom. The highest BCUT2D eigenvalue weighted by Crippen LogP contribution is 2.31. The summed E-state index contributed by atoms with van der Waals surface area (Å²) in [5.41, 5.74) is 1.77. The number of aliphatic hydroxyl groups is 1. The van der Waals surface area contributed by atoms with Gasteiger partial charge in [0, 0.05) is 38.1 Å². The van der Waals surface area contributed by atoms with Crippen molar-refractivity contribution < 1.29 is 14.4 Å². The normalized spacial score (nSPS) is 22.6. The molecule has 2 fully saturated rings. The molecule has 2 saturated heterocycles. The largest absolute Gasteiger partial charge is 0.493 e. The van der Waals surface area contributed by atoms with Crippen LogP contribution < -0.4 is 9.64 Å². The summed E-state index contributed by atoms with van der Waals surface area (Å²) >= 11 is 0. The van der Waals surface area contributed by atoms with Crippen molar-refractivity contribution >= 4 is 16.8 Å². The number of piperazine rings is 1. The van der Waals surface area contributed by atoms with Gasteiger partial charge in [0.05, 0.1) is 18.6 Å². The van der Waals surface area contributed by atoms with Crippen LogP contribution in [0, 0.1) is 5.92 Å². The number of para-hydroxylation sites is 1. The van der Waals surface area contributed by atoms with E-state index in [0.29, 0.717) is 12.0 Å². The third kappa shape index (κ3) is 3.82. The highest BCUT2D eigenvalue weighted by Gasteiger charge is 2.34. The van der Waals surface area contributed by atoms with E-state index in [1.54, 1.807) is 0 Å². The van der Waals surface area contributed by atoms with Gasteiger partial charge in [-0.1, -0.05) is 29.4 Å². The van der Waals surface area contributed by atoms with Crippen molar-refractivity contribution in [3.8, 4) is 5.75 Å². The summed E-state index contributed by atoms with van der Waals surface area (Å²) in [4.78, 5) is 5.00. The Bertz CT molecular complexity index is 955. The van der Waals surface area contributed by atoms with Gasteiger partial charge in [0.1, 0.15) is 5.75 Å². The minimum absolute atomic E-state index is 0.0698. The molecule has 152 valence electrons. The van der Waals surface area contributed by atoms with Crippen LogP contribution in [0.1, 0.15) is 18.4 Å². The number of anilines is 1. The quantitative estimate of drug-likeness (QED) is 0.718. The zero-order valence-electron chi connectivity index (χ0n) is 16.5. The molecular formula is C23H27N3O3. The number of ether oxygens (including phenoxy) is 1. The minimum Gasteiger partial charge on any atom is -0.493 e. The highest BCUT2D eigenvalue weighted by molar-refractivity contribution is 5.88. The zero-order chi connectivity index (χ0) is 19.6. The van der Waals surface area contributed by atoms with Crippen LogP contribution in [0.5, 0.6) is 5.75 Å². The molecule has 0 bridgehead atoms. The first-order valence-electron chi connectivity index (χ1n) is 10.5. The van der Waals surface area contributed by atoms with Crippen molar-refractivity contribution in [2.45, 2.75) is 25.5 Å². The summed E-state index contributed by atoms with van der Waals surface area (Å²) in [6, 6.07) is 16.4. The second-order valence-corrected chi connectivity index (χ2v) is 8.15. The number of rotatable bonds is 5. The molecule has 6 nitrogen and oxygen atoms in total. The predicted molar refractivity (Wildman–Crippen MR) is 112 cm³/mol. The molecule has 0 spiro atoms. The average molecular weight is 393 g/mol. The smallest absolute Gasteiger partial charge is 0.180 e. The van der Waals surface area contributed by atoms with E-state index in [0.717, 1.165) is 60.9 Å². The van der Waals surface area contributed by atoms with Crippen molar-refractivity contribution in [3.05, 3.63) is 54.1 Å². The monoisotopic (exact) mass is 393 g/mol. The predicted octanol–water partition coefficient (Wildman–Crippen LogP) is 3.30. The molecule has 0 unspecified atom stereocenters. The van der Waals surface area contributed by atoms with Gasteiger partial charge in [0.25, 0.3) is 0 Å². The number of nitrogens with zero attached hydrogens (tertiary/aromatic N) is 3. The summed E-state index contributed by atoms with van der Waals surface area (Å²) in [5, 5.41) is 14.6. The number of fused-ring (bicyclic) bond motifs is 2. The maximum atomic E-state index is 9.14. The third-order valence-electron chi connectivity index (χ3n) is 6.26. The SMILES string of the molecule is OCc1ccc(OC[C@@H]2CC[C@@H]3CN(c4noc5ccccc45)CCN3C2)cc1. The van der Waals surface area contributed by atoms with Crippen LogP contribution in [0.4, 0.5) is 5.82 Å². The van der Waals surface area contributed by atoms with Crippen molar-refractivity contribution in [2.75, 3.05) is 37.7 Å². The molecule has 0 saturated carbocycles. The first kappa shape index (κ1) is 18.5. The second-order valence-electron chi connectivity index (χ2n) is 8.15. The van der Waals surface area contributed by atoms with Crippen LogP contribution in [-0.2, 0) is 6.61 Å². The number of benzene rings is 2. The van der Waals surface area contributed by atoms with Gasteiger partial charge in [-0.25, -0.2) is 0 Å². The third-order valence-corrected chi connectivity index (χ3v) is 6.26. The Hall–Kier alpha value is -2.57. The minimum atomic E-state index is 0.0698. The van der Waals surface area contributed by atoms with E-state index >= 15 is 0 Å². The maximum Gasteiger partial charge on any atom is 0.180 e. The molecule has 5 rings (SSSR count). The average Bonchev–Trinajstić information content (AvgIpc) is 3.22. The van der Waals surface area contributed by atoms with E-state index in [9.17, 15) is 0 Å². The fourth-order valence-electron chi connectivity index (χ4n) is 4.59. The van der Waals surface area contributed by atoms with Gasteiger partial charge in [-0.2, -0.15) is 0 Å². The fraction of sp³-hybridized carbons (Fsp3) is 0.435. The first-order valence-corrected chi connectivity index (χ1v) is 10.5. The molecule has 2 atom stereocenters. The molecule has 0 radical (unpaired) electrons. The highest BCUT2D eigenvalue weighted by atomic mass is 16.5. The summed E-state index contributed by atoms with van der Waals surface area (Å²) < 4.78 is 11.5. The van der Waals surface area contributed by atoms with Crippen LogP contribution in [0.3, 0.4) is 0 Å². The lowest BCUT2D eigenvalue weighted by molar-refractivity contribution is 0.0727. The van der Waals surface area contributed by atoms with E-state index in [1.807, 2.05) is 42.5 Å². The van der Waals surface area contributed by atoms with E-state index in [1.165, 1.54) is 12.8 Å². The fourth-order valence-corrected chi connectivity index (χ4v) is 4.59. The Kier molecular flexibility index (Phi) is 5.12. The second kappa shape index (κ2) is 8.05. The summed E-state index contributed by atoms with van der Waals surface area (Å²) in [7, 11) is 0. The van der Waals surface area contributed by atoms with Crippen LogP contribution in [0.25, 0.3) is 11.0 Å². The molecule has 2 aliphatic heterocycles. The van der Waals surface area contributed by atoms with Gasteiger partial charge in [0.2, 0.25) is 0 Å². The number of aromatic nitrogens is 1. The first-order chi connectivity index (χ1) is 14.3. The van der Waals surface area contributed by atoms with Gasteiger partial charge >= 0.3 is 0 Å². The molecule has 1 aromatic heterocycles. The van der Waals surface area contributed by atoms with E-state index < -0.39 is 0 Å². The lowest BCUT2D eigenvalue weighted by Gasteiger charge is -2.46. The van der Waals surface area contributed by atoms with Crippen molar-refractivity contribution in [2.24, 2.45) is 5.92 Å². The Morgan fingerprint density at radius 1 is 1.03 bits per heavy atom. The number of piperidine rings is 1. The van der Waals surface area contributed by atoms with Crippen LogP contribution >= 0.6 is 0 Å². The van der Waals surface area contributed by atoms with Gasteiger partial charge in [0.15, 0.2) is 11.4 Å². The van der Waals surface area contributed by atoms with Crippen molar-refractivity contribution in [3.63, 3.8) is 0 Å². The maximum absolute atomic E-state index is 9.14. The summed E-state index contributed by atoms with van der Waals surface area (Å²) in [6.45, 7) is 4.94. The van der Waals surface area contributed by atoms with Crippen LogP contribution in [-0.4, -0.2) is 54.0 Å². The summed E-state index contributed by atoms with van der Waals surface area (Å²) in [6.07, 6.45) is 2.37. The lowest BCUT2D eigenvalue weighted by Crippen LogP contribution is -2.57. The number of hydrogen-bond acceptors (Lipinski definition) is 6. The van der Waals surface area contributed by atoms with E-state index in [4.69, 9.17) is 14.4 Å². The standard InChI is InChI=1S/C23H27N3O3/c27-15-17-6-9-20(10-7-17)28-16-18-5-8-19-14-26(12-11-25(19)13-18)23-21-3-1-2-4-22(21)29-24-23/h1-4,6-7,9-10,18-19,27H,5,8,11-16H2/t18-,19-/m1/s1. The molecular weight excluding hydrogens is 366 g/mol. The van der Waals surface area contributed by atoms with E-state index in [2.05, 4.69) is 21.0 Å². The molecule has 0 aliphatic carbocycles. The molecule has 1 N–H and O–H groups in total. The van der Waals surface area contributed by atoms with Gasteiger partial charge in [-0.15, -0.1) is 0 Å². The Morgan fingerprint density at radius 3 is 2.76 bits per heavy atom. The lowest BCUT2D eigenvalue weighted by atomic mass is 9.91. The molecule has 3 heterocycles. The van der Waals surface area contributed by atoms with Gasteiger partial charge in [-0.05, 0) is 42.7 Å². The van der Waals surface area contributed by atoms with Gasteiger partial charge in [-0.3, -0.25) is 4.90 Å². The molecule has 0 amide bonds. The van der Waals surface area contributed by atoms with Crippen molar-refractivity contribution in [1.29, 1.82) is 0 Å². The van der Waals surface area contributed by atoms with Crippen LogP contribution in [0.2, 0.25) is 0 Å². The molecule has 2 aromatic carbocycles. The van der Waals surface area contributed by atoms with Crippen molar-refractivity contribution in [1.82, 2.24) is 10.1 Å². The van der Waals surface area contributed by atoms with E-state index in [-0.39, 0.29) is 6.61 Å². The number of hydrogen-bond donors (Lipinski definition) is 1. The summed E-state index contributed by atoms with van der Waals surface area (Å²) in [5.74, 6) is 2.42. The van der Waals surface area contributed by atoms with Crippen LogP contribution in [0.15, 0.2) is 53.1 Å². The molecule has 29 heavy (non-hydrogen) atoms. The van der Waals surface area contributed by atoms with Gasteiger partial charge < -0.3 is 19.3 Å². The topological polar surface area (TPSA) is 62.0 Å². The molecule has 3 aromatic rings. The molecule has 2 aliphatic rings. The Balaban J connectivity index is 1.17. The number of aliphatic hydroxyl groups excluding tert-OH is 1.